The van der Waals surface area contributed by atoms with Crippen molar-refractivity contribution in [1.82, 2.24) is 10.1 Å². The average Bonchev–Trinajstić information content (AvgIpc) is 2.72. The fourth-order valence-corrected chi connectivity index (χ4v) is 1.94. The molecule has 1 saturated heterocycles. The minimum absolute atomic E-state index is 0.0456. The Hall–Kier alpha value is -0.840. The smallest absolute Gasteiger partial charge is 0.276 e. The van der Waals surface area contributed by atoms with Gasteiger partial charge in [0.05, 0.1) is 0 Å². The highest BCUT2D eigenvalue weighted by molar-refractivity contribution is 9.09. The minimum Gasteiger partial charge on any atom is -0.364 e. The molecule has 0 saturated carbocycles. The van der Waals surface area contributed by atoms with Crippen molar-refractivity contribution < 1.29 is 9.32 Å². The van der Waals surface area contributed by atoms with E-state index >= 15 is 0 Å². The quantitative estimate of drug-likeness (QED) is 0.700. The predicted octanol–water partition coefficient (Wildman–Crippen LogP) is 1.28. The van der Waals surface area contributed by atoms with Crippen LogP contribution in [0.15, 0.2) is 16.9 Å². The third kappa shape index (κ3) is 1.75. The Morgan fingerprint density at radius 3 is 3.15 bits per heavy atom. The molecule has 0 radical (unpaired) electrons. The zero-order chi connectivity index (χ0) is 9.26. The molecule has 0 spiro atoms. The van der Waals surface area contributed by atoms with Gasteiger partial charge in [-0.15, -0.1) is 0 Å². The number of halogens is 1. The fourth-order valence-electron chi connectivity index (χ4n) is 1.39. The van der Waals surface area contributed by atoms with Gasteiger partial charge in [-0.1, -0.05) is 21.1 Å². The van der Waals surface area contributed by atoms with Crippen molar-refractivity contribution in [3.63, 3.8) is 0 Å². The number of hydrogen-bond acceptors (Lipinski definition) is 3. The number of carbonyl (C=O) groups excluding carboxylic acids is 1. The van der Waals surface area contributed by atoms with Crippen molar-refractivity contribution in [3.8, 4) is 0 Å². The second-order valence-corrected chi connectivity index (χ2v) is 4.32. The van der Waals surface area contributed by atoms with Crippen LogP contribution < -0.4 is 0 Å². The zero-order valence-corrected chi connectivity index (χ0v) is 8.53. The van der Waals surface area contributed by atoms with Crippen LogP contribution in [0.25, 0.3) is 0 Å². The maximum Gasteiger partial charge on any atom is 0.276 e. The molecule has 1 aromatic heterocycles. The lowest BCUT2D eigenvalue weighted by Crippen LogP contribution is -2.28. The summed E-state index contributed by atoms with van der Waals surface area (Å²) >= 11 is 3.47. The van der Waals surface area contributed by atoms with Gasteiger partial charge in [-0.05, 0) is 6.42 Å². The van der Waals surface area contributed by atoms with Crippen LogP contribution in [0.4, 0.5) is 0 Å². The highest BCUT2D eigenvalue weighted by Gasteiger charge is 2.26. The second kappa shape index (κ2) is 3.49. The summed E-state index contributed by atoms with van der Waals surface area (Å²) in [6, 6.07) is 1.59. The van der Waals surface area contributed by atoms with Gasteiger partial charge in [0.15, 0.2) is 5.69 Å². The first-order chi connectivity index (χ1) is 6.27. The molecule has 1 aliphatic rings. The molecule has 70 valence electrons. The molecule has 0 aliphatic carbocycles. The Kier molecular flexibility index (Phi) is 2.35. The first-order valence-electron chi connectivity index (χ1n) is 4.11. The number of aromatic nitrogens is 1. The van der Waals surface area contributed by atoms with Gasteiger partial charge in [0.2, 0.25) is 0 Å². The molecule has 4 nitrogen and oxygen atoms in total. The molecule has 1 atom stereocenters. The molecule has 1 aromatic rings. The molecule has 0 aromatic carbocycles. The van der Waals surface area contributed by atoms with Gasteiger partial charge in [0.1, 0.15) is 6.26 Å². The number of rotatable bonds is 1. The summed E-state index contributed by atoms with van der Waals surface area (Å²) < 4.78 is 4.61. The maximum absolute atomic E-state index is 11.6. The van der Waals surface area contributed by atoms with E-state index < -0.39 is 0 Å². The standard InChI is InChI=1S/C8H9BrN2O2/c9-6-1-3-11(5-6)8(12)7-2-4-13-10-7/h2,4,6H,1,3,5H2. The van der Waals surface area contributed by atoms with Gasteiger partial charge in [0, 0.05) is 24.0 Å². The summed E-state index contributed by atoms with van der Waals surface area (Å²) in [5.74, 6) is -0.0456. The molecule has 1 unspecified atom stereocenters. The molecular formula is C8H9BrN2O2. The molecule has 1 amide bonds. The van der Waals surface area contributed by atoms with Crippen molar-refractivity contribution in [2.24, 2.45) is 0 Å². The van der Waals surface area contributed by atoms with E-state index in [-0.39, 0.29) is 5.91 Å². The number of hydrogen-bond donors (Lipinski definition) is 0. The van der Waals surface area contributed by atoms with E-state index in [1.165, 1.54) is 6.26 Å². The molecule has 0 bridgehead atoms. The van der Waals surface area contributed by atoms with Gasteiger partial charge in [-0.25, -0.2) is 0 Å². The number of carbonyl (C=O) groups is 1. The van der Waals surface area contributed by atoms with E-state index in [1.54, 1.807) is 11.0 Å². The highest BCUT2D eigenvalue weighted by Crippen LogP contribution is 2.18. The van der Waals surface area contributed by atoms with Crippen LogP contribution in [0.5, 0.6) is 0 Å². The molecule has 0 N–H and O–H groups in total. The Bertz CT molecular complexity index is 299. The molecule has 1 fully saturated rings. The Morgan fingerprint density at radius 2 is 2.62 bits per heavy atom. The number of nitrogens with zero attached hydrogens (tertiary/aromatic N) is 2. The van der Waals surface area contributed by atoms with Crippen molar-refractivity contribution in [1.29, 1.82) is 0 Å². The van der Waals surface area contributed by atoms with Crippen LogP contribution in [0.2, 0.25) is 0 Å². The highest BCUT2D eigenvalue weighted by atomic mass is 79.9. The monoisotopic (exact) mass is 244 g/mol. The zero-order valence-electron chi connectivity index (χ0n) is 6.94. The maximum atomic E-state index is 11.6. The molecule has 2 heterocycles. The molecular weight excluding hydrogens is 236 g/mol. The molecule has 13 heavy (non-hydrogen) atoms. The summed E-state index contributed by atoms with van der Waals surface area (Å²) in [6.07, 6.45) is 2.42. The van der Waals surface area contributed by atoms with Crippen LogP contribution in [0.3, 0.4) is 0 Å². The molecule has 2 rings (SSSR count). The minimum atomic E-state index is -0.0456. The average molecular weight is 245 g/mol. The number of likely N-dealkylation sites (tertiary alicyclic amines) is 1. The van der Waals surface area contributed by atoms with E-state index in [0.717, 1.165) is 19.5 Å². The van der Waals surface area contributed by atoms with Crippen molar-refractivity contribution in [3.05, 3.63) is 18.0 Å². The Morgan fingerprint density at radius 1 is 1.77 bits per heavy atom. The topological polar surface area (TPSA) is 46.3 Å². The van der Waals surface area contributed by atoms with E-state index in [0.29, 0.717) is 10.5 Å². The lowest BCUT2D eigenvalue weighted by atomic mass is 10.4. The normalized spacial score (nSPS) is 22.2. The van der Waals surface area contributed by atoms with E-state index in [2.05, 4.69) is 25.6 Å². The summed E-state index contributed by atoms with van der Waals surface area (Å²) in [7, 11) is 0. The van der Waals surface area contributed by atoms with Crippen LogP contribution in [0.1, 0.15) is 16.9 Å². The van der Waals surface area contributed by atoms with Gasteiger partial charge in [-0.3, -0.25) is 4.79 Å². The van der Waals surface area contributed by atoms with Gasteiger partial charge in [-0.2, -0.15) is 0 Å². The predicted molar refractivity (Wildman–Crippen MR) is 49.7 cm³/mol. The number of amides is 1. The lowest BCUT2D eigenvalue weighted by Gasteiger charge is -2.12. The van der Waals surface area contributed by atoms with E-state index in [1.807, 2.05) is 0 Å². The SMILES string of the molecule is O=C(c1ccon1)N1CCC(Br)C1. The van der Waals surface area contributed by atoms with Crippen LogP contribution in [-0.4, -0.2) is 33.9 Å². The molecule has 1 aliphatic heterocycles. The summed E-state index contributed by atoms with van der Waals surface area (Å²) in [6.45, 7) is 1.55. The third-order valence-electron chi connectivity index (χ3n) is 2.07. The van der Waals surface area contributed by atoms with E-state index in [4.69, 9.17) is 0 Å². The Labute approximate surface area is 84.0 Å². The summed E-state index contributed by atoms with van der Waals surface area (Å²) in [4.78, 5) is 13.8. The lowest BCUT2D eigenvalue weighted by molar-refractivity contribution is 0.0783. The van der Waals surface area contributed by atoms with Crippen molar-refractivity contribution >= 4 is 21.8 Å². The largest absolute Gasteiger partial charge is 0.364 e. The number of alkyl halides is 1. The van der Waals surface area contributed by atoms with Gasteiger partial charge < -0.3 is 9.42 Å². The van der Waals surface area contributed by atoms with Crippen LogP contribution in [-0.2, 0) is 0 Å². The summed E-state index contributed by atoms with van der Waals surface area (Å²) in [5.41, 5.74) is 0.390. The fraction of sp³-hybridized carbons (Fsp3) is 0.500. The van der Waals surface area contributed by atoms with Crippen molar-refractivity contribution in [2.45, 2.75) is 11.2 Å². The Balaban J connectivity index is 2.06. The van der Waals surface area contributed by atoms with Crippen LogP contribution in [0, 0.1) is 0 Å². The molecule has 5 heteroatoms. The van der Waals surface area contributed by atoms with Gasteiger partial charge >= 0.3 is 0 Å². The van der Waals surface area contributed by atoms with E-state index in [9.17, 15) is 4.79 Å². The second-order valence-electron chi connectivity index (χ2n) is 3.02. The van der Waals surface area contributed by atoms with Crippen molar-refractivity contribution in [2.75, 3.05) is 13.1 Å². The van der Waals surface area contributed by atoms with Crippen LogP contribution >= 0.6 is 15.9 Å². The first-order valence-corrected chi connectivity index (χ1v) is 5.02. The third-order valence-corrected chi connectivity index (χ3v) is 2.82. The summed E-state index contributed by atoms with van der Waals surface area (Å²) in [5, 5.41) is 3.60. The first kappa shape index (κ1) is 8.74. The van der Waals surface area contributed by atoms with Gasteiger partial charge in [0.25, 0.3) is 5.91 Å².